The van der Waals surface area contributed by atoms with E-state index in [9.17, 15) is 0 Å². The summed E-state index contributed by atoms with van der Waals surface area (Å²) in [6.45, 7) is 3.23. The van der Waals surface area contributed by atoms with Crippen LogP contribution in [0.4, 0.5) is 0 Å². The first-order valence-corrected chi connectivity index (χ1v) is 5.63. The molecule has 1 aromatic rings. The normalized spacial score (nSPS) is 12.5. The number of nitrogens with zero attached hydrogens (tertiary/aromatic N) is 1. The molecule has 0 amide bonds. The quantitative estimate of drug-likeness (QED) is 0.677. The SMILES string of the molecule is CC(C#N)OCCOC/C=C/c1ccccc1. The Morgan fingerprint density at radius 2 is 2.06 bits per heavy atom. The summed E-state index contributed by atoms with van der Waals surface area (Å²) in [5, 5.41) is 8.47. The van der Waals surface area contributed by atoms with Gasteiger partial charge in [0.15, 0.2) is 0 Å². The van der Waals surface area contributed by atoms with Crippen molar-refractivity contribution in [1.29, 1.82) is 5.26 Å². The molecule has 1 aromatic carbocycles. The van der Waals surface area contributed by atoms with Crippen LogP contribution in [-0.2, 0) is 9.47 Å². The molecule has 90 valence electrons. The van der Waals surface area contributed by atoms with Crippen LogP contribution in [0, 0.1) is 11.3 Å². The van der Waals surface area contributed by atoms with Crippen molar-refractivity contribution in [1.82, 2.24) is 0 Å². The minimum atomic E-state index is -0.363. The summed E-state index contributed by atoms with van der Waals surface area (Å²) in [5.41, 5.74) is 1.16. The molecule has 0 radical (unpaired) electrons. The third-order valence-electron chi connectivity index (χ3n) is 2.10. The second-order valence-corrected chi connectivity index (χ2v) is 3.53. The van der Waals surface area contributed by atoms with Gasteiger partial charge in [-0.1, -0.05) is 42.5 Å². The predicted octanol–water partition coefficient (Wildman–Crippen LogP) is 2.65. The van der Waals surface area contributed by atoms with Gasteiger partial charge in [0.05, 0.1) is 25.9 Å². The molecule has 0 aliphatic rings. The minimum absolute atomic E-state index is 0.363. The number of hydrogen-bond donors (Lipinski definition) is 0. The molecule has 1 rings (SSSR count). The zero-order valence-electron chi connectivity index (χ0n) is 10.0. The van der Waals surface area contributed by atoms with Gasteiger partial charge < -0.3 is 9.47 Å². The zero-order valence-corrected chi connectivity index (χ0v) is 10.0. The zero-order chi connectivity index (χ0) is 12.3. The van der Waals surface area contributed by atoms with Crippen molar-refractivity contribution in [3.05, 3.63) is 42.0 Å². The molecule has 0 aliphatic heterocycles. The number of rotatable bonds is 7. The Balaban J connectivity index is 2.05. The van der Waals surface area contributed by atoms with Crippen molar-refractivity contribution in [2.75, 3.05) is 19.8 Å². The van der Waals surface area contributed by atoms with Crippen LogP contribution in [0.5, 0.6) is 0 Å². The number of benzene rings is 1. The summed E-state index contributed by atoms with van der Waals surface area (Å²) in [6, 6.07) is 12.1. The Morgan fingerprint density at radius 1 is 1.29 bits per heavy atom. The molecule has 3 heteroatoms. The molecule has 3 nitrogen and oxygen atoms in total. The van der Waals surface area contributed by atoms with Crippen LogP contribution in [0.1, 0.15) is 12.5 Å². The number of hydrogen-bond acceptors (Lipinski definition) is 3. The van der Waals surface area contributed by atoms with E-state index in [1.807, 2.05) is 48.6 Å². The molecule has 0 fully saturated rings. The topological polar surface area (TPSA) is 42.2 Å². The van der Waals surface area contributed by atoms with E-state index in [1.54, 1.807) is 6.92 Å². The molecule has 0 N–H and O–H groups in total. The maximum Gasteiger partial charge on any atom is 0.141 e. The highest BCUT2D eigenvalue weighted by Crippen LogP contribution is 2.00. The van der Waals surface area contributed by atoms with Crippen LogP contribution in [0.15, 0.2) is 36.4 Å². The fourth-order valence-electron chi connectivity index (χ4n) is 1.22. The van der Waals surface area contributed by atoms with E-state index in [0.717, 1.165) is 5.56 Å². The minimum Gasteiger partial charge on any atom is -0.375 e. The maximum atomic E-state index is 8.47. The van der Waals surface area contributed by atoms with Crippen LogP contribution in [0.25, 0.3) is 6.08 Å². The second kappa shape index (κ2) is 8.51. The summed E-state index contributed by atoms with van der Waals surface area (Å²) >= 11 is 0. The molecule has 0 saturated carbocycles. The van der Waals surface area contributed by atoms with E-state index >= 15 is 0 Å². The van der Waals surface area contributed by atoms with Gasteiger partial charge in [0, 0.05) is 0 Å². The van der Waals surface area contributed by atoms with Crippen LogP contribution >= 0.6 is 0 Å². The average Bonchev–Trinajstić information content (AvgIpc) is 2.38. The Labute approximate surface area is 102 Å². The summed E-state index contributed by atoms with van der Waals surface area (Å²) < 4.78 is 10.5. The Hall–Kier alpha value is -1.63. The lowest BCUT2D eigenvalue weighted by Crippen LogP contribution is -2.10. The Morgan fingerprint density at radius 3 is 2.76 bits per heavy atom. The molecule has 0 aromatic heterocycles. The fraction of sp³-hybridized carbons (Fsp3) is 0.357. The smallest absolute Gasteiger partial charge is 0.141 e. The molecule has 0 saturated heterocycles. The van der Waals surface area contributed by atoms with Crippen molar-refractivity contribution in [3.63, 3.8) is 0 Å². The Bertz CT molecular complexity index is 368. The van der Waals surface area contributed by atoms with Gasteiger partial charge in [0.1, 0.15) is 6.10 Å². The molecule has 0 heterocycles. The van der Waals surface area contributed by atoms with E-state index < -0.39 is 0 Å². The molecule has 1 atom stereocenters. The summed E-state index contributed by atoms with van der Waals surface area (Å²) in [6.07, 6.45) is 3.61. The van der Waals surface area contributed by atoms with Crippen LogP contribution in [0.3, 0.4) is 0 Å². The summed E-state index contributed by atoms with van der Waals surface area (Å²) in [4.78, 5) is 0. The highest BCUT2D eigenvalue weighted by atomic mass is 16.5. The van der Waals surface area contributed by atoms with E-state index in [4.69, 9.17) is 14.7 Å². The molecular formula is C14H17NO2. The van der Waals surface area contributed by atoms with Crippen molar-refractivity contribution >= 4 is 6.08 Å². The van der Waals surface area contributed by atoms with Gasteiger partial charge in [-0.2, -0.15) is 5.26 Å². The predicted molar refractivity (Wildman–Crippen MR) is 67.3 cm³/mol. The monoisotopic (exact) mass is 231 g/mol. The van der Waals surface area contributed by atoms with Gasteiger partial charge in [-0.25, -0.2) is 0 Å². The van der Waals surface area contributed by atoms with E-state index in [2.05, 4.69) is 0 Å². The molecule has 1 unspecified atom stereocenters. The molecular weight excluding hydrogens is 214 g/mol. The van der Waals surface area contributed by atoms with Crippen LogP contribution in [0.2, 0.25) is 0 Å². The largest absolute Gasteiger partial charge is 0.375 e. The van der Waals surface area contributed by atoms with E-state index in [1.165, 1.54) is 0 Å². The molecule has 0 aliphatic carbocycles. The van der Waals surface area contributed by atoms with Crippen LogP contribution < -0.4 is 0 Å². The first-order chi connectivity index (χ1) is 8.33. The van der Waals surface area contributed by atoms with Gasteiger partial charge in [-0.05, 0) is 12.5 Å². The van der Waals surface area contributed by atoms with Gasteiger partial charge in [0.25, 0.3) is 0 Å². The lowest BCUT2D eigenvalue weighted by atomic mass is 10.2. The third-order valence-corrected chi connectivity index (χ3v) is 2.10. The van der Waals surface area contributed by atoms with E-state index in [0.29, 0.717) is 19.8 Å². The summed E-state index contributed by atoms with van der Waals surface area (Å²) in [5.74, 6) is 0. The highest BCUT2D eigenvalue weighted by molar-refractivity contribution is 5.48. The Kier molecular flexibility index (Phi) is 6.73. The molecule has 0 spiro atoms. The van der Waals surface area contributed by atoms with Crippen molar-refractivity contribution < 1.29 is 9.47 Å². The third kappa shape index (κ3) is 6.52. The standard InChI is InChI=1S/C14H17NO2/c1-13(12-15)17-11-10-16-9-5-8-14-6-3-2-4-7-14/h2-8,13H,9-11H2,1H3/b8-5+. The average molecular weight is 231 g/mol. The first-order valence-electron chi connectivity index (χ1n) is 5.63. The van der Waals surface area contributed by atoms with Gasteiger partial charge in [-0.15, -0.1) is 0 Å². The number of ether oxygens (including phenoxy) is 2. The maximum absolute atomic E-state index is 8.47. The lowest BCUT2D eigenvalue weighted by molar-refractivity contribution is 0.0408. The van der Waals surface area contributed by atoms with Crippen molar-refractivity contribution in [2.45, 2.75) is 13.0 Å². The molecule has 17 heavy (non-hydrogen) atoms. The van der Waals surface area contributed by atoms with Crippen molar-refractivity contribution in [3.8, 4) is 6.07 Å². The van der Waals surface area contributed by atoms with Gasteiger partial charge >= 0.3 is 0 Å². The van der Waals surface area contributed by atoms with Crippen LogP contribution in [-0.4, -0.2) is 25.9 Å². The summed E-state index contributed by atoms with van der Waals surface area (Å²) in [7, 11) is 0. The number of nitriles is 1. The second-order valence-electron chi connectivity index (χ2n) is 3.53. The lowest BCUT2D eigenvalue weighted by Gasteiger charge is -2.04. The van der Waals surface area contributed by atoms with Gasteiger partial charge in [-0.3, -0.25) is 0 Å². The van der Waals surface area contributed by atoms with E-state index in [-0.39, 0.29) is 6.10 Å². The fourth-order valence-corrected chi connectivity index (χ4v) is 1.22. The highest BCUT2D eigenvalue weighted by Gasteiger charge is 1.96. The first kappa shape index (κ1) is 13.4. The van der Waals surface area contributed by atoms with Crippen molar-refractivity contribution in [2.24, 2.45) is 0 Å². The van der Waals surface area contributed by atoms with Gasteiger partial charge in [0.2, 0.25) is 0 Å². The molecule has 0 bridgehead atoms.